The number of anilines is 3. The van der Waals surface area contributed by atoms with Crippen LogP contribution in [0.25, 0.3) is 86.3 Å². The molecule has 2 heterocycles. The highest BCUT2D eigenvalue weighted by molar-refractivity contribution is 7.26. The quantitative estimate of drug-likeness (QED) is 0.170. The lowest BCUT2D eigenvalue weighted by atomic mass is 9.96. The number of nitrogens with zero attached hydrogens (tertiary/aromatic N) is 1. The summed E-state index contributed by atoms with van der Waals surface area (Å²) in [5.41, 5.74) is 12.2. The summed E-state index contributed by atoms with van der Waals surface area (Å²) in [5, 5.41) is 7.30. The fourth-order valence-electron chi connectivity index (χ4n) is 8.22. The lowest BCUT2D eigenvalue weighted by Crippen LogP contribution is -2.11. The van der Waals surface area contributed by atoms with Crippen LogP contribution < -0.4 is 4.90 Å². The van der Waals surface area contributed by atoms with Crippen LogP contribution >= 0.6 is 11.3 Å². The van der Waals surface area contributed by atoms with Crippen molar-refractivity contribution in [3.05, 3.63) is 200 Å². The minimum atomic E-state index is 0.881. The molecule has 2 aromatic heterocycles. The van der Waals surface area contributed by atoms with Crippen LogP contribution in [-0.2, 0) is 0 Å². The fourth-order valence-corrected chi connectivity index (χ4v) is 9.45. The van der Waals surface area contributed by atoms with Crippen molar-refractivity contribution < 1.29 is 4.42 Å². The average Bonchev–Trinajstić information content (AvgIpc) is 3.82. The molecule has 9 aromatic carbocycles. The van der Waals surface area contributed by atoms with Crippen LogP contribution in [0.4, 0.5) is 17.1 Å². The highest BCUT2D eigenvalue weighted by Crippen LogP contribution is 2.45. The lowest BCUT2D eigenvalue weighted by molar-refractivity contribution is 0.669. The molecular weight excluding hydrogens is 687 g/mol. The number of rotatable bonds is 6. The van der Waals surface area contributed by atoms with E-state index in [0.29, 0.717) is 0 Å². The van der Waals surface area contributed by atoms with Crippen LogP contribution in [0.1, 0.15) is 0 Å². The van der Waals surface area contributed by atoms with Crippen molar-refractivity contribution in [1.82, 2.24) is 0 Å². The Labute approximate surface area is 322 Å². The third-order valence-electron chi connectivity index (χ3n) is 10.8. The van der Waals surface area contributed by atoms with Gasteiger partial charge in [-0.1, -0.05) is 140 Å². The van der Waals surface area contributed by atoms with Gasteiger partial charge in [0.05, 0.1) is 5.69 Å². The summed E-state index contributed by atoms with van der Waals surface area (Å²) >= 11 is 1.87. The zero-order valence-electron chi connectivity index (χ0n) is 29.8. The average molecular weight is 720 g/mol. The number of thiophene rings is 1. The number of hydrogen-bond donors (Lipinski definition) is 0. The second kappa shape index (κ2) is 12.9. The summed E-state index contributed by atoms with van der Waals surface area (Å²) < 4.78 is 8.93. The molecule has 0 bridgehead atoms. The molecule has 258 valence electrons. The van der Waals surface area contributed by atoms with Crippen LogP contribution in [0.2, 0.25) is 0 Å². The van der Waals surface area contributed by atoms with E-state index < -0.39 is 0 Å². The van der Waals surface area contributed by atoms with Gasteiger partial charge in [0.25, 0.3) is 0 Å². The molecule has 0 fully saturated rings. The first-order chi connectivity index (χ1) is 27.2. The monoisotopic (exact) mass is 719 g/mol. The van der Waals surface area contributed by atoms with Crippen molar-refractivity contribution in [3.63, 3.8) is 0 Å². The van der Waals surface area contributed by atoms with Crippen LogP contribution in [0.5, 0.6) is 0 Å². The molecule has 0 unspecified atom stereocenters. The van der Waals surface area contributed by atoms with Crippen molar-refractivity contribution in [1.29, 1.82) is 0 Å². The predicted molar refractivity (Wildman–Crippen MR) is 235 cm³/mol. The van der Waals surface area contributed by atoms with Crippen LogP contribution in [-0.4, -0.2) is 0 Å². The molecular formula is C52H33NOS. The largest absolute Gasteiger partial charge is 0.456 e. The van der Waals surface area contributed by atoms with Crippen LogP contribution in [0, 0.1) is 0 Å². The highest BCUT2D eigenvalue weighted by Gasteiger charge is 2.20. The smallest absolute Gasteiger partial charge is 0.135 e. The molecule has 0 saturated carbocycles. The van der Waals surface area contributed by atoms with Gasteiger partial charge in [-0.25, -0.2) is 0 Å². The Kier molecular flexibility index (Phi) is 7.39. The van der Waals surface area contributed by atoms with Gasteiger partial charge in [-0.3, -0.25) is 0 Å². The van der Waals surface area contributed by atoms with Crippen molar-refractivity contribution >= 4 is 81.3 Å². The number of hydrogen-bond acceptors (Lipinski definition) is 3. The summed E-state index contributed by atoms with van der Waals surface area (Å²) in [6, 6.07) is 72.3. The molecule has 2 nitrogen and oxygen atoms in total. The predicted octanol–water partition coefficient (Wildman–Crippen LogP) is 15.6. The zero-order valence-corrected chi connectivity index (χ0v) is 30.6. The van der Waals surface area contributed by atoms with Crippen molar-refractivity contribution in [2.45, 2.75) is 0 Å². The minimum Gasteiger partial charge on any atom is -0.456 e. The Morgan fingerprint density at radius 3 is 1.96 bits per heavy atom. The van der Waals surface area contributed by atoms with E-state index in [1.807, 2.05) is 23.5 Å². The molecule has 0 aliphatic heterocycles. The van der Waals surface area contributed by atoms with Gasteiger partial charge in [0, 0.05) is 47.9 Å². The minimum absolute atomic E-state index is 0.881. The maximum Gasteiger partial charge on any atom is 0.135 e. The van der Waals surface area contributed by atoms with Gasteiger partial charge in [0.1, 0.15) is 11.2 Å². The van der Waals surface area contributed by atoms with E-state index >= 15 is 0 Å². The summed E-state index contributed by atoms with van der Waals surface area (Å²) in [6.45, 7) is 0. The molecule has 0 saturated heterocycles. The molecule has 0 aliphatic rings. The van der Waals surface area contributed by atoms with E-state index in [9.17, 15) is 0 Å². The van der Waals surface area contributed by atoms with Crippen molar-refractivity contribution in [2.75, 3.05) is 4.90 Å². The summed E-state index contributed by atoms with van der Waals surface area (Å²) in [6.07, 6.45) is 0. The summed E-state index contributed by atoms with van der Waals surface area (Å²) in [4.78, 5) is 2.40. The Morgan fingerprint density at radius 1 is 0.364 bits per heavy atom. The zero-order chi connectivity index (χ0) is 36.3. The molecule has 3 heteroatoms. The van der Waals surface area contributed by atoms with Gasteiger partial charge in [-0.05, 0) is 99.3 Å². The first kappa shape index (κ1) is 31.6. The van der Waals surface area contributed by atoms with E-state index in [1.165, 1.54) is 53.2 Å². The Balaban J connectivity index is 1.08. The van der Waals surface area contributed by atoms with E-state index in [2.05, 4.69) is 193 Å². The van der Waals surface area contributed by atoms with Gasteiger partial charge in [-0.15, -0.1) is 11.3 Å². The van der Waals surface area contributed by atoms with Crippen molar-refractivity contribution in [3.8, 4) is 33.4 Å². The van der Waals surface area contributed by atoms with E-state index in [-0.39, 0.29) is 0 Å². The molecule has 11 rings (SSSR count). The lowest BCUT2D eigenvalue weighted by Gasteiger charge is -2.28. The maximum atomic E-state index is 6.28. The van der Waals surface area contributed by atoms with E-state index in [4.69, 9.17) is 4.42 Å². The molecule has 0 N–H and O–H groups in total. The van der Waals surface area contributed by atoms with Gasteiger partial charge in [-0.2, -0.15) is 0 Å². The molecule has 0 spiro atoms. The molecule has 0 radical (unpaired) electrons. The molecule has 55 heavy (non-hydrogen) atoms. The highest BCUT2D eigenvalue weighted by atomic mass is 32.1. The van der Waals surface area contributed by atoms with E-state index in [0.717, 1.165) is 50.1 Å². The summed E-state index contributed by atoms with van der Waals surface area (Å²) in [5.74, 6) is 0. The maximum absolute atomic E-state index is 6.28. The van der Waals surface area contributed by atoms with Crippen LogP contribution in [0.3, 0.4) is 0 Å². The Morgan fingerprint density at radius 2 is 1.02 bits per heavy atom. The molecule has 0 amide bonds. The van der Waals surface area contributed by atoms with E-state index in [1.54, 1.807) is 0 Å². The fraction of sp³-hybridized carbons (Fsp3) is 0. The number of benzene rings is 9. The normalized spacial score (nSPS) is 11.6. The standard InChI is InChI=1S/C52H33NOS/c1-2-13-35-30-39(27-26-34(35)12-1)42-18-3-6-23-48(42)53(41-28-29-50-47(33-41)44-19-4-7-24-49(44)54-50)40-17-10-15-37(32-40)36-14-9-16-38(31-36)43-21-11-22-46-45-20-5-8-25-51(45)55-52(43)46/h1-33H. The first-order valence-corrected chi connectivity index (χ1v) is 19.5. The Hall–Kier alpha value is -6.94. The third-order valence-corrected chi connectivity index (χ3v) is 12.1. The number of para-hydroxylation sites is 2. The van der Waals surface area contributed by atoms with Crippen LogP contribution in [0.15, 0.2) is 205 Å². The molecule has 0 aliphatic carbocycles. The topological polar surface area (TPSA) is 16.4 Å². The third kappa shape index (κ3) is 5.40. The van der Waals surface area contributed by atoms with Gasteiger partial charge in [0.2, 0.25) is 0 Å². The number of fused-ring (bicyclic) bond motifs is 7. The Bertz CT molecular complexity index is 3240. The van der Waals surface area contributed by atoms with Gasteiger partial charge in [0.15, 0.2) is 0 Å². The second-order valence-electron chi connectivity index (χ2n) is 14.1. The van der Waals surface area contributed by atoms with Gasteiger partial charge < -0.3 is 9.32 Å². The van der Waals surface area contributed by atoms with Gasteiger partial charge >= 0.3 is 0 Å². The molecule has 11 aromatic rings. The first-order valence-electron chi connectivity index (χ1n) is 18.7. The molecule has 0 atom stereocenters. The summed E-state index contributed by atoms with van der Waals surface area (Å²) in [7, 11) is 0. The SMILES string of the molecule is c1cc(-c2cccc(N(c3ccc4oc5ccccc5c4c3)c3ccccc3-c3ccc4ccccc4c3)c2)cc(-c2cccc3c2sc2ccccc23)c1. The van der Waals surface area contributed by atoms with Crippen molar-refractivity contribution in [2.24, 2.45) is 0 Å². The second-order valence-corrected chi connectivity index (χ2v) is 15.2. The number of furan rings is 1.